The Labute approximate surface area is 251 Å². The van der Waals surface area contributed by atoms with E-state index < -0.39 is 0 Å². The minimum Gasteiger partial charge on any atom is -0.494 e. The predicted octanol–water partition coefficient (Wildman–Crippen LogP) is 6.15. The third kappa shape index (κ3) is 5.68. The topological polar surface area (TPSA) is 76.9 Å². The highest BCUT2D eigenvalue weighted by atomic mass is 16.5. The second-order valence-corrected chi connectivity index (χ2v) is 10.6. The number of nitrogens with zero attached hydrogens (tertiary/aromatic N) is 4. The van der Waals surface area contributed by atoms with E-state index in [1.165, 1.54) is 7.11 Å². The number of benzene rings is 4. The molecule has 2 heterocycles. The van der Waals surface area contributed by atoms with E-state index in [9.17, 15) is 9.59 Å². The largest absolute Gasteiger partial charge is 0.494 e. The predicted molar refractivity (Wildman–Crippen MR) is 168 cm³/mol. The number of carbonyl (C=O) groups is 2. The Morgan fingerprint density at radius 2 is 1.63 bits per heavy atom. The van der Waals surface area contributed by atoms with Crippen molar-refractivity contribution < 1.29 is 19.1 Å². The summed E-state index contributed by atoms with van der Waals surface area (Å²) in [4.78, 5) is 35.3. The molecular weight excluding hydrogens is 540 g/mol. The Kier molecular flexibility index (Phi) is 7.83. The van der Waals surface area contributed by atoms with Gasteiger partial charge in [-0.2, -0.15) is 0 Å². The molecule has 6 rings (SSSR count). The highest BCUT2D eigenvalue weighted by Gasteiger charge is 2.26. The molecule has 0 unspecified atom stereocenters. The summed E-state index contributed by atoms with van der Waals surface area (Å²) in [6.45, 7) is 6.90. The number of esters is 1. The molecule has 1 aromatic heterocycles. The molecule has 4 aromatic carbocycles. The first-order valence-corrected chi connectivity index (χ1v) is 14.5. The smallest absolute Gasteiger partial charge is 0.338 e. The lowest BCUT2D eigenvalue weighted by Crippen LogP contribution is -2.49. The molecule has 0 atom stereocenters. The minimum atomic E-state index is -0.362. The van der Waals surface area contributed by atoms with E-state index in [0.717, 1.165) is 39.0 Å². The Bertz CT molecular complexity index is 1790. The van der Waals surface area contributed by atoms with Gasteiger partial charge >= 0.3 is 5.97 Å². The zero-order valence-corrected chi connectivity index (χ0v) is 24.6. The number of aromatic nitrogens is 2. The number of amides is 1. The molecule has 1 aliphatic rings. The van der Waals surface area contributed by atoms with Gasteiger partial charge < -0.3 is 19.3 Å². The van der Waals surface area contributed by atoms with Gasteiger partial charge in [0.15, 0.2) is 0 Å². The lowest BCUT2D eigenvalue weighted by atomic mass is 10.0. The van der Waals surface area contributed by atoms with Crippen LogP contribution in [0.1, 0.15) is 33.3 Å². The van der Waals surface area contributed by atoms with Crippen LogP contribution in [0, 0.1) is 6.92 Å². The molecule has 0 radical (unpaired) electrons. The lowest BCUT2D eigenvalue weighted by Gasteiger charge is -2.36. The van der Waals surface area contributed by atoms with Gasteiger partial charge in [0.05, 0.1) is 25.0 Å². The van der Waals surface area contributed by atoms with Crippen molar-refractivity contribution in [3.05, 3.63) is 108 Å². The highest BCUT2D eigenvalue weighted by Crippen LogP contribution is 2.29. The van der Waals surface area contributed by atoms with Crippen molar-refractivity contribution in [3.8, 4) is 22.8 Å². The molecule has 0 N–H and O–H groups in total. The van der Waals surface area contributed by atoms with Gasteiger partial charge in [-0.1, -0.05) is 60.2 Å². The number of ether oxygens (including phenoxy) is 2. The second kappa shape index (κ2) is 12.0. The number of anilines is 1. The van der Waals surface area contributed by atoms with E-state index in [4.69, 9.17) is 14.5 Å². The molecule has 8 heteroatoms. The maximum Gasteiger partial charge on any atom is 0.338 e. The zero-order valence-electron chi connectivity index (χ0n) is 24.6. The van der Waals surface area contributed by atoms with Crippen LogP contribution in [0.3, 0.4) is 0 Å². The fourth-order valence-electron chi connectivity index (χ4n) is 5.56. The molecule has 8 nitrogen and oxygen atoms in total. The zero-order chi connectivity index (χ0) is 29.9. The molecular formula is C35H34N4O4. The quantitative estimate of drug-likeness (QED) is 0.217. The van der Waals surface area contributed by atoms with Crippen molar-refractivity contribution >= 4 is 28.3 Å². The van der Waals surface area contributed by atoms with Crippen LogP contribution in [0.5, 0.6) is 5.75 Å². The van der Waals surface area contributed by atoms with E-state index >= 15 is 0 Å². The van der Waals surface area contributed by atoms with Gasteiger partial charge in [0.2, 0.25) is 0 Å². The summed E-state index contributed by atoms with van der Waals surface area (Å²) in [5.41, 5.74) is 4.82. The van der Waals surface area contributed by atoms with E-state index in [0.29, 0.717) is 49.9 Å². The molecule has 43 heavy (non-hydrogen) atoms. The summed E-state index contributed by atoms with van der Waals surface area (Å²) < 4.78 is 12.8. The Balaban J connectivity index is 1.26. The Hall–Kier alpha value is -5.11. The number of fused-ring (bicyclic) bond motifs is 1. The third-order valence-electron chi connectivity index (χ3n) is 7.83. The first-order chi connectivity index (χ1) is 20.9. The highest BCUT2D eigenvalue weighted by molar-refractivity contribution is 6.06. The fourth-order valence-corrected chi connectivity index (χ4v) is 5.56. The van der Waals surface area contributed by atoms with Crippen molar-refractivity contribution in [1.29, 1.82) is 0 Å². The molecule has 0 spiro atoms. The normalized spacial score (nSPS) is 13.3. The van der Waals surface area contributed by atoms with Crippen molar-refractivity contribution in [1.82, 2.24) is 14.5 Å². The molecule has 1 amide bonds. The molecule has 0 aliphatic carbocycles. The lowest BCUT2D eigenvalue weighted by molar-refractivity contribution is 0.0602. The van der Waals surface area contributed by atoms with Gasteiger partial charge in [-0.3, -0.25) is 9.36 Å². The summed E-state index contributed by atoms with van der Waals surface area (Å²) in [6.07, 6.45) is 1.82. The van der Waals surface area contributed by atoms with Crippen LogP contribution in [0.15, 0.2) is 91.1 Å². The number of rotatable bonds is 7. The minimum absolute atomic E-state index is 0.110. The molecule has 1 saturated heterocycles. The average molecular weight is 575 g/mol. The summed E-state index contributed by atoms with van der Waals surface area (Å²) in [7, 11) is 1.40. The molecule has 1 fully saturated rings. The van der Waals surface area contributed by atoms with Gasteiger partial charge in [0.1, 0.15) is 17.3 Å². The van der Waals surface area contributed by atoms with Crippen LogP contribution < -0.4 is 9.64 Å². The summed E-state index contributed by atoms with van der Waals surface area (Å²) in [5, 5.41) is 1.83. The van der Waals surface area contributed by atoms with Crippen molar-refractivity contribution in [3.63, 3.8) is 0 Å². The number of hydrogen-bond donors (Lipinski definition) is 0. The van der Waals surface area contributed by atoms with Gasteiger partial charge in [-0.15, -0.1) is 0 Å². The van der Waals surface area contributed by atoms with Gasteiger partial charge in [-0.25, -0.2) is 9.78 Å². The van der Waals surface area contributed by atoms with Crippen LogP contribution in [-0.2, 0) is 4.74 Å². The monoisotopic (exact) mass is 574 g/mol. The van der Waals surface area contributed by atoms with Gasteiger partial charge in [-0.05, 0) is 48.9 Å². The fraction of sp³-hybridized carbons (Fsp3) is 0.229. The molecule has 218 valence electrons. The maximum absolute atomic E-state index is 13.8. The Morgan fingerprint density at radius 3 is 2.37 bits per heavy atom. The number of aryl methyl sites for hydroxylation is 1. The molecule has 5 aromatic rings. The summed E-state index contributed by atoms with van der Waals surface area (Å²) >= 11 is 0. The number of piperazine rings is 1. The van der Waals surface area contributed by atoms with Gasteiger partial charge in [0.25, 0.3) is 5.91 Å². The van der Waals surface area contributed by atoms with E-state index in [1.807, 2.05) is 108 Å². The number of hydrogen-bond acceptors (Lipinski definition) is 6. The van der Waals surface area contributed by atoms with E-state index in [-0.39, 0.29) is 11.9 Å². The summed E-state index contributed by atoms with van der Waals surface area (Å²) in [6, 6.07) is 27.7. The first kappa shape index (κ1) is 28.0. The number of imidazole rings is 1. The molecule has 0 bridgehead atoms. The second-order valence-electron chi connectivity index (χ2n) is 10.6. The number of carbonyl (C=O) groups excluding carboxylic acids is 2. The van der Waals surface area contributed by atoms with Gasteiger partial charge in [0, 0.05) is 49.7 Å². The maximum atomic E-state index is 13.8. The van der Waals surface area contributed by atoms with Crippen LogP contribution in [0.4, 0.5) is 5.69 Å². The van der Waals surface area contributed by atoms with Crippen LogP contribution in [0.25, 0.3) is 27.8 Å². The SMILES string of the molecule is CCOc1cccc(-n2cc(C(=O)N3CCN(c4cc(C(=O)OC)c5ccccc5c4)CC3)nc2-c2ccc(C)cc2)c1. The number of methoxy groups -OCH3 is 1. The van der Waals surface area contributed by atoms with E-state index in [2.05, 4.69) is 11.0 Å². The average Bonchev–Trinajstić information content (AvgIpc) is 3.50. The van der Waals surface area contributed by atoms with Crippen molar-refractivity contribution in [2.45, 2.75) is 13.8 Å². The molecule has 1 aliphatic heterocycles. The van der Waals surface area contributed by atoms with Crippen molar-refractivity contribution in [2.24, 2.45) is 0 Å². The first-order valence-electron chi connectivity index (χ1n) is 14.5. The van der Waals surface area contributed by atoms with Crippen LogP contribution >= 0.6 is 0 Å². The van der Waals surface area contributed by atoms with Crippen LogP contribution in [-0.4, -0.2) is 66.2 Å². The van der Waals surface area contributed by atoms with E-state index in [1.54, 1.807) is 0 Å². The third-order valence-corrected chi connectivity index (χ3v) is 7.83. The summed E-state index contributed by atoms with van der Waals surface area (Å²) in [5.74, 6) is 0.985. The molecule has 0 saturated carbocycles. The van der Waals surface area contributed by atoms with Crippen LogP contribution in [0.2, 0.25) is 0 Å². The Morgan fingerprint density at radius 1 is 0.860 bits per heavy atom. The van der Waals surface area contributed by atoms with Crippen molar-refractivity contribution in [2.75, 3.05) is 44.8 Å². The standard InChI is InChI=1S/C35H34N4O4/c1-4-43-29-10-7-9-27(21-29)39-23-32(36-33(39)25-14-12-24(2)13-15-25)34(40)38-18-16-37(17-19-38)28-20-26-8-5-6-11-30(26)31(22-28)35(41)42-3/h5-15,20-23H,4,16-19H2,1-3H3.